The number of allylic oxidation sites excluding steroid dienone is 1. The van der Waals surface area contributed by atoms with Crippen LogP contribution in [0.3, 0.4) is 0 Å². The maximum Gasteiger partial charge on any atom is 0.133 e. The summed E-state index contributed by atoms with van der Waals surface area (Å²) in [7, 11) is 0. The zero-order valence-corrected chi connectivity index (χ0v) is 9.81. The van der Waals surface area contributed by atoms with Crippen molar-refractivity contribution in [3.05, 3.63) is 42.0 Å². The van der Waals surface area contributed by atoms with Crippen LogP contribution in [0.1, 0.15) is 12.0 Å². The maximum absolute atomic E-state index is 13.5. The van der Waals surface area contributed by atoms with Gasteiger partial charge in [0.25, 0.3) is 0 Å². The lowest BCUT2D eigenvalue weighted by atomic mass is 9.92. The molecule has 5 heteroatoms. The molecule has 2 atom stereocenters. The van der Waals surface area contributed by atoms with Crippen LogP contribution in [0.5, 0.6) is 0 Å². The minimum absolute atomic E-state index is 0.112. The Bertz CT molecular complexity index is 421. The second-order valence-corrected chi connectivity index (χ2v) is 4.12. The lowest BCUT2D eigenvalue weighted by Crippen LogP contribution is -2.27. The van der Waals surface area contributed by atoms with Crippen molar-refractivity contribution in [1.82, 2.24) is 0 Å². The van der Waals surface area contributed by atoms with Crippen LogP contribution >= 0.6 is 0 Å². The SMILES string of the molecule is C=C(C[C@H](CO)[C@H](O)CO)c1ccc(F)cc1F. The molecule has 1 aromatic rings. The lowest BCUT2D eigenvalue weighted by Gasteiger charge is -2.20. The van der Waals surface area contributed by atoms with Crippen LogP contribution in [0.2, 0.25) is 0 Å². The van der Waals surface area contributed by atoms with Gasteiger partial charge in [0.1, 0.15) is 11.6 Å². The Labute approximate surface area is 104 Å². The molecule has 0 fully saturated rings. The summed E-state index contributed by atoms with van der Waals surface area (Å²) in [6.07, 6.45) is -0.990. The topological polar surface area (TPSA) is 60.7 Å². The van der Waals surface area contributed by atoms with Crippen molar-refractivity contribution in [2.24, 2.45) is 5.92 Å². The fourth-order valence-corrected chi connectivity index (χ4v) is 1.67. The first-order chi connectivity index (χ1) is 8.49. The van der Waals surface area contributed by atoms with Crippen molar-refractivity contribution >= 4 is 5.57 Å². The van der Waals surface area contributed by atoms with E-state index < -0.39 is 30.3 Å². The number of hydrogen-bond donors (Lipinski definition) is 3. The van der Waals surface area contributed by atoms with E-state index in [-0.39, 0.29) is 18.6 Å². The van der Waals surface area contributed by atoms with Gasteiger partial charge in [-0.15, -0.1) is 0 Å². The Hall–Kier alpha value is -1.30. The number of rotatable bonds is 6. The summed E-state index contributed by atoms with van der Waals surface area (Å²) < 4.78 is 26.2. The molecule has 0 aliphatic carbocycles. The first-order valence-corrected chi connectivity index (χ1v) is 5.52. The van der Waals surface area contributed by atoms with Gasteiger partial charge in [0.15, 0.2) is 0 Å². The molecule has 0 heterocycles. The first-order valence-electron chi connectivity index (χ1n) is 5.52. The maximum atomic E-state index is 13.5. The third kappa shape index (κ3) is 3.60. The van der Waals surface area contributed by atoms with Gasteiger partial charge in [0.2, 0.25) is 0 Å². The van der Waals surface area contributed by atoms with Gasteiger partial charge in [0, 0.05) is 24.2 Å². The van der Waals surface area contributed by atoms with Crippen LogP contribution in [0.4, 0.5) is 8.78 Å². The summed E-state index contributed by atoms with van der Waals surface area (Å²) in [5.74, 6) is -2.06. The Morgan fingerprint density at radius 3 is 2.39 bits per heavy atom. The minimum atomic E-state index is -1.10. The van der Waals surface area contributed by atoms with Crippen molar-refractivity contribution in [1.29, 1.82) is 0 Å². The van der Waals surface area contributed by atoms with Crippen LogP contribution in [0, 0.1) is 17.6 Å². The van der Waals surface area contributed by atoms with E-state index in [4.69, 9.17) is 10.2 Å². The van der Waals surface area contributed by atoms with Crippen LogP contribution in [-0.2, 0) is 0 Å². The first kappa shape index (κ1) is 14.8. The molecule has 0 spiro atoms. The molecule has 0 bridgehead atoms. The molecule has 3 N–H and O–H groups in total. The summed E-state index contributed by atoms with van der Waals surface area (Å²) >= 11 is 0. The number of halogens is 2. The molecule has 0 unspecified atom stereocenters. The highest BCUT2D eigenvalue weighted by atomic mass is 19.1. The van der Waals surface area contributed by atoms with Gasteiger partial charge in [-0.3, -0.25) is 0 Å². The Morgan fingerprint density at radius 1 is 1.22 bits per heavy atom. The molecule has 0 saturated carbocycles. The molecule has 0 saturated heterocycles. The van der Waals surface area contributed by atoms with Gasteiger partial charge in [-0.1, -0.05) is 6.58 Å². The van der Waals surface area contributed by atoms with E-state index in [1.165, 1.54) is 6.07 Å². The smallest absolute Gasteiger partial charge is 0.133 e. The van der Waals surface area contributed by atoms with Gasteiger partial charge in [-0.05, 0) is 24.1 Å². The summed E-state index contributed by atoms with van der Waals surface area (Å²) in [6, 6.07) is 3.11. The average Bonchev–Trinajstić information content (AvgIpc) is 2.34. The van der Waals surface area contributed by atoms with E-state index in [9.17, 15) is 13.9 Å². The molecular weight excluding hydrogens is 242 g/mol. The minimum Gasteiger partial charge on any atom is -0.396 e. The van der Waals surface area contributed by atoms with Crippen LogP contribution in [0.25, 0.3) is 5.57 Å². The molecule has 3 nitrogen and oxygen atoms in total. The molecule has 1 aromatic carbocycles. The average molecular weight is 258 g/mol. The summed E-state index contributed by atoms with van der Waals surface area (Å²) in [4.78, 5) is 0. The zero-order chi connectivity index (χ0) is 13.7. The van der Waals surface area contributed by atoms with Gasteiger partial charge >= 0.3 is 0 Å². The molecule has 0 aliphatic heterocycles. The monoisotopic (exact) mass is 258 g/mol. The van der Waals surface area contributed by atoms with E-state index in [0.29, 0.717) is 5.57 Å². The van der Waals surface area contributed by atoms with E-state index >= 15 is 0 Å². The largest absolute Gasteiger partial charge is 0.396 e. The number of aliphatic hydroxyl groups is 3. The highest BCUT2D eigenvalue weighted by Crippen LogP contribution is 2.25. The van der Waals surface area contributed by atoms with Crippen LogP contribution < -0.4 is 0 Å². The van der Waals surface area contributed by atoms with E-state index in [1.807, 2.05) is 0 Å². The van der Waals surface area contributed by atoms with E-state index in [0.717, 1.165) is 12.1 Å². The summed E-state index contributed by atoms with van der Waals surface area (Å²) in [6.45, 7) is 2.80. The zero-order valence-electron chi connectivity index (χ0n) is 9.81. The second-order valence-electron chi connectivity index (χ2n) is 4.12. The Morgan fingerprint density at radius 2 is 1.89 bits per heavy atom. The Balaban J connectivity index is 2.81. The molecule has 0 radical (unpaired) electrons. The third-order valence-corrected chi connectivity index (χ3v) is 2.79. The molecule has 0 amide bonds. The van der Waals surface area contributed by atoms with Crippen molar-refractivity contribution in [2.45, 2.75) is 12.5 Å². The standard InChI is InChI=1S/C13H16F2O3/c1-8(4-9(6-16)13(18)7-17)11-3-2-10(14)5-12(11)15/h2-3,5,9,13,16-18H,1,4,6-7H2/t9-,13-/m1/s1. The molecule has 100 valence electrons. The van der Waals surface area contributed by atoms with Crippen LogP contribution in [0.15, 0.2) is 24.8 Å². The van der Waals surface area contributed by atoms with Gasteiger partial charge < -0.3 is 15.3 Å². The highest BCUT2D eigenvalue weighted by Gasteiger charge is 2.20. The van der Waals surface area contributed by atoms with E-state index in [1.54, 1.807) is 0 Å². The number of benzene rings is 1. The molecule has 0 aromatic heterocycles. The predicted molar refractivity (Wildman–Crippen MR) is 63.7 cm³/mol. The molecule has 0 aliphatic rings. The molecular formula is C13H16F2O3. The molecule has 1 rings (SSSR count). The van der Waals surface area contributed by atoms with Gasteiger partial charge in [-0.25, -0.2) is 8.78 Å². The Kier molecular flexibility index (Phi) is 5.40. The number of hydrogen-bond acceptors (Lipinski definition) is 3. The summed E-state index contributed by atoms with van der Waals surface area (Å²) in [5.41, 5.74) is 0.471. The van der Waals surface area contributed by atoms with E-state index in [2.05, 4.69) is 6.58 Å². The van der Waals surface area contributed by atoms with Crippen molar-refractivity contribution < 1.29 is 24.1 Å². The normalized spacial score (nSPS) is 14.3. The fraction of sp³-hybridized carbons (Fsp3) is 0.385. The van der Waals surface area contributed by atoms with Crippen molar-refractivity contribution in [3.63, 3.8) is 0 Å². The summed E-state index contributed by atoms with van der Waals surface area (Å²) in [5, 5.41) is 27.3. The highest BCUT2D eigenvalue weighted by molar-refractivity contribution is 5.64. The fourth-order valence-electron chi connectivity index (χ4n) is 1.67. The van der Waals surface area contributed by atoms with Crippen molar-refractivity contribution in [3.8, 4) is 0 Å². The van der Waals surface area contributed by atoms with Crippen molar-refractivity contribution in [2.75, 3.05) is 13.2 Å². The lowest BCUT2D eigenvalue weighted by molar-refractivity contribution is 0.0248. The predicted octanol–water partition coefficient (Wildman–Crippen LogP) is 1.33. The number of aliphatic hydroxyl groups excluding tert-OH is 3. The molecule has 18 heavy (non-hydrogen) atoms. The van der Waals surface area contributed by atoms with Crippen LogP contribution in [-0.4, -0.2) is 34.6 Å². The second kappa shape index (κ2) is 6.58. The van der Waals surface area contributed by atoms with Gasteiger partial charge in [0.05, 0.1) is 12.7 Å². The quantitative estimate of drug-likeness (QED) is 0.721. The third-order valence-electron chi connectivity index (χ3n) is 2.79. The van der Waals surface area contributed by atoms with Gasteiger partial charge in [-0.2, -0.15) is 0 Å².